The van der Waals surface area contributed by atoms with Gasteiger partial charge in [-0.3, -0.25) is 10.1 Å². The zero-order valence-corrected chi connectivity index (χ0v) is 17.4. The van der Waals surface area contributed by atoms with E-state index in [1.165, 1.54) is 34.0 Å². The van der Waals surface area contributed by atoms with Crippen LogP contribution < -0.4 is 10.2 Å². The minimum atomic E-state index is -3.46. The van der Waals surface area contributed by atoms with Crippen molar-refractivity contribution in [2.24, 2.45) is 0 Å². The van der Waals surface area contributed by atoms with Gasteiger partial charge in [0.05, 0.1) is 12.2 Å². The number of thiazole rings is 1. The molecule has 3 rings (SSSR count). The molecule has 27 heavy (non-hydrogen) atoms. The molecule has 1 aromatic carbocycles. The molecule has 0 spiro atoms. The van der Waals surface area contributed by atoms with Gasteiger partial charge in [-0.2, -0.15) is 17.0 Å². The Hall–Kier alpha value is -2.01. The van der Waals surface area contributed by atoms with E-state index in [2.05, 4.69) is 10.3 Å². The van der Waals surface area contributed by atoms with E-state index in [0.717, 1.165) is 16.3 Å². The van der Waals surface area contributed by atoms with Crippen LogP contribution in [0.2, 0.25) is 0 Å². The van der Waals surface area contributed by atoms with Crippen molar-refractivity contribution >= 4 is 38.3 Å². The van der Waals surface area contributed by atoms with Crippen LogP contribution in [0.1, 0.15) is 20.9 Å². The number of carbonyl (C=O) groups is 1. The summed E-state index contributed by atoms with van der Waals surface area (Å²) in [5, 5.41) is 3.32. The van der Waals surface area contributed by atoms with Gasteiger partial charge in [0, 0.05) is 57.3 Å². The summed E-state index contributed by atoms with van der Waals surface area (Å²) in [7, 11) is 3.41. The zero-order chi connectivity index (χ0) is 19.8. The molecule has 1 amide bonds. The van der Waals surface area contributed by atoms with E-state index in [1.807, 2.05) is 37.2 Å². The lowest BCUT2D eigenvalue weighted by Gasteiger charge is -2.27. The number of amides is 1. The molecule has 2 aromatic rings. The minimum Gasteiger partial charge on any atom is -0.378 e. The lowest BCUT2D eigenvalue weighted by molar-refractivity contribution is 0.102. The highest BCUT2D eigenvalue weighted by Crippen LogP contribution is 2.30. The van der Waals surface area contributed by atoms with Crippen LogP contribution in [0.3, 0.4) is 0 Å². The fourth-order valence-corrected chi connectivity index (χ4v) is 4.92. The van der Waals surface area contributed by atoms with E-state index in [-0.39, 0.29) is 12.5 Å². The Labute approximate surface area is 163 Å². The average molecular weight is 410 g/mol. The second-order valence-corrected chi connectivity index (χ2v) is 9.89. The van der Waals surface area contributed by atoms with E-state index in [1.54, 1.807) is 6.07 Å². The van der Waals surface area contributed by atoms with Crippen molar-refractivity contribution < 1.29 is 13.2 Å². The third-order valence-corrected chi connectivity index (χ3v) is 7.21. The van der Waals surface area contributed by atoms with Crippen LogP contribution in [0.4, 0.5) is 10.8 Å². The van der Waals surface area contributed by atoms with Gasteiger partial charge in [0.15, 0.2) is 5.13 Å². The van der Waals surface area contributed by atoms with Crippen molar-refractivity contribution in [3.63, 3.8) is 0 Å². The predicted octanol–water partition coefficient (Wildman–Crippen LogP) is 1.63. The van der Waals surface area contributed by atoms with Gasteiger partial charge in [0.1, 0.15) is 0 Å². The lowest BCUT2D eigenvalue weighted by atomic mass is 10.2. The number of hydrogen-bond acceptors (Lipinski definition) is 6. The van der Waals surface area contributed by atoms with Gasteiger partial charge < -0.3 is 4.90 Å². The van der Waals surface area contributed by atoms with Gasteiger partial charge in [0.25, 0.3) is 16.1 Å². The monoisotopic (exact) mass is 409 g/mol. The van der Waals surface area contributed by atoms with Crippen LogP contribution >= 0.6 is 11.3 Å². The summed E-state index contributed by atoms with van der Waals surface area (Å²) in [6, 6.07) is 7.33. The number of carbonyl (C=O) groups excluding carboxylic acids is 1. The molecule has 0 saturated carbocycles. The van der Waals surface area contributed by atoms with Crippen molar-refractivity contribution in [1.82, 2.24) is 13.6 Å². The van der Waals surface area contributed by atoms with Gasteiger partial charge in [-0.05, 0) is 18.2 Å². The Morgan fingerprint density at radius 2 is 2.00 bits per heavy atom. The first-order chi connectivity index (χ1) is 12.7. The van der Waals surface area contributed by atoms with Crippen molar-refractivity contribution in [2.75, 3.05) is 45.0 Å². The smallest absolute Gasteiger partial charge is 0.281 e. The highest BCUT2D eigenvalue weighted by atomic mass is 32.2. The molecule has 1 aliphatic rings. The summed E-state index contributed by atoms with van der Waals surface area (Å²) in [5.74, 6) is -0.234. The highest BCUT2D eigenvalue weighted by molar-refractivity contribution is 7.86. The Morgan fingerprint density at radius 3 is 2.67 bits per heavy atom. The molecular weight excluding hydrogens is 386 g/mol. The SMILES string of the molecule is CN(C)c1cccc(C(=O)Nc2nc3c(s2)CN(S(=O)(=O)N(C)C)CC3)c1. The molecule has 0 radical (unpaired) electrons. The van der Waals surface area contributed by atoms with E-state index in [0.29, 0.717) is 23.7 Å². The van der Waals surface area contributed by atoms with Gasteiger partial charge in [-0.15, -0.1) is 11.3 Å². The van der Waals surface area contributed by atoms with Crippen molar-refractivity contribution in [3.8, 4) is 0 Å². The molecule has 0 saturated heterocycles. The second kappa shape index (κ2) is 7.55. The maximum atomic E-state index is 12.5. The van der Waals surface area contributed by atoms with Gasteiger partial charge in [-0.25, -0.2) is 4.98 Å². The van der Waals surface area contributed by atoms with Crippen molar-refractivity contribution in [2.45, 2.75) is 13.0 Å². The fourth-order valence-electron chi connectivity index (χ4n) is 2.75. The quantitative estimate of drug-likeness (QED) is 0.811. The van der Waals surface area contributed by atoms with Gasteiger partial charge in [0.2, 0.25) is 0 Å². The van der Waals surface area contributed by atoms with E-state index < -0.39 is 10.2 Å². The number of fused-ring (bicyclic) bond motifs is 1. The number of benzene rings is 1. The molecule has 0 unspecified atom stereocenters. The maximum Gasteiger partial charge on any atom is 0.281 e. The average Bonchev–Trinajstić information content (AvgIpc) is 3.02. The maximum absolute atomic E-state index is 12.5. The van der Waals surface area contributed by atoms with Gasteiger partial charge in [-0.1, -0.05) is 6.07 Å². The number of hydrogen-bond donors (Lipinski definition) is 1. The normalized spacial score (nSPS) is 14.9. The van der Waals surface area contributed by atoms with Crippen molar-refractivity contribution in [1.29, 1.82) is 0 Å². The summed E-state index contributed by atoms with van der Waals surface area (Å²) in [4.78, 5) is 19.8. The Balaban J connectivity index is 1.75. The van der Waals surface area contributed by atoms with Crippen LogP contribution in [0.5, 0.6) is 0 Å². The van der Waals surface area contributed by atoms with Crippen LogP contribution in [0.25, 0.3) is 0 Å². The number of anilines is 2. The second-order valence-electron chi connectivity index (χ2n) is 6.66. The number of nitrogens with zero attached hydrogens (tertiary/aromatic N) is 4. The Morgan fingerprint density at radius 1 is 1.26 bits per heavy atom. The summed E-state index contributed by atoms with van der Waals surface area (Å²) in [5.41, 5.74) is 2.33. The molecule has 2 heterocycles. The molecule has 146 valence electrons. The Bertz CT molecular complexity index is 953. The predicted molar refractivity (Wildman–Crippen MR) is 108 cm³/mol. The Kier molecular flexibility index (Phi) is 5.52. The molecule has 0 atom stereocenters. The molecule has 0 bridgehead atoms. The van der Waals surface area contributed by atoms with Crippen molar-refractivity contribution in [3.05, 3.63) is 40.4 Å². The minimum absolute atomic E-state index is 0.234. The fraction of sp³-hybridized carbons (Fsp3) is 0.412. The van der Waals surface area contributed by atoms with Crippen LogP contribution in [-0.2, 0) is 23.2 Å². The summed E-state index contributed by atoms with van der Waals surface area (Å²) < 4.78 is 27.3. The van der Waals surface area contributed by atoms with Crippen LogP contribution in [0, 0.1) is 0 Å². The molecule has 10 heteroatoms. The van der Waals surface area contributed by atoms with Gasteiger partial charge >= 0.3 is 0 Å². The van der Waals surface area contributed by atoms with E-state index in [9.17, 15) is 13.2 Å². The largest absolute Gasteiger partial charge is 0.378 e. The molecule has 1 aromatic heterocycles. The van der Waals surface area contributed by atoms with Crippen LogP contribution in [0.15, 0.2) is 24.3 Å². The molecule has 0 aliphatic carbocycles. The first-order valence-electron chi connectivity index (χ1n) is 8.43. The summed E-state index contributed by atoms with van der Waals surface area (Å²) in [6.07, 6.45) is 0.533. The standard InChI is InChI=1S/C17H23N5O3S2/c1-20(2)13-7-5-6-12(10-13)16(23)19-17-18-14-8-9-22(11-15(14)26-17)27(24,25)21(3)4/h5-7,10H,8-9,11H2,1-4H3,(H,18,19,23). The van der Waals surface area contributed by atoms with E-state index in [4.69, 9.17) is 0 Å². The first kappa shape index (κ1) is 19.7. The molecule has 1 aliphatic heterocycles. The third kappa shape index (κ3) is 4.13. The number of nitrogens with one attached hydrogen (secondary N) is 1. The number of rotatable bonds is 5. The molecule has 8 nitrogen and oxygen atoms in total. The molecule has 0 fully saturated rings. The summed E-state index contributed by atoms with van der Waals surface area (Å²) >= 11 is 1.32. The molecule has 1 N–H and O–H groups in total. The third-order valence-electron chi connectivity index (χ3n) is 4.33. The topological polar surface area (TPSA) is 85.9 Å². The highest BCUT2D eigenvalue weighted by Gasteiger charge is 2.30. The van der Waals surface area contributed by atoms with E-state index >= 15 is 0 Å². The lowest BCUT2D eigenvalue weighted by Crippen LogP contribution is -2.42. The molecular formula is C17H23N5O3S2. The first-order valence-corrected chi connectivity index (χ1v) is 10.6. The zero-order valence-electron chi connectivity index (χ0n) is 15.8. The number of aromatic nitrogens is 1. The summed E-state index contributed by atoms with van der Waals surface area (Å²) in [6.45, 7) is 0.662. The van der Waals surface area contributed by atoms with Crippen LogP contribution in [-0.4, -0.2) is 62.7 Å².